The fourth-order valence-corrected chi connectivity index (χ4v) is 5.64. The van der Waals surface area contributed by atoms with Gasteiger partial charge in [-0.3, -0.25) is 4.79 Å². The number of aryl methyl sites for hydroxylation is 1. The van der Waals surface area contributed by atoms with Crippen LogP contribution in [0.15, 0.2) is 58.6 Å². The van der Waals surface area contributed by atoms with Crippen molar-refractivity contribution in [2.45, 2.75) is 49.0 Å². The summed E-state index contributed by atoms with van der Waals surface area (Å²) in [5.41, 5.74) is 3.27. The molecule has 0 saturated carbocycles. The smallest absolute Gasteiger partial charge is 0.237 e. The van der Waals surface area contributed by atoms with E-state index in [2.05, 4.69) is 53.7 Å². The summed E-state index contributed by atoms with van der Waals surface area (Å²) in [7, 11) is 0. The summed E-state index contributed by atoms with van der Waals surface area (Å²) in [4.78, 5) is 16.3. The number of carbonyl (C=O) groups is 1. The van der Waals surface area contributed by atoms with Crippen LogP contribution in [-0.2, 0) is 11.3 Å². The first kappa shape index (κ1) is 21.0. The lowest BCUT2D eigenvalue weighted by atomic mass is 10.1. The SMILES string of the molecule is CCn1c(SCC(=O)N2CCC(C)Sc3ccccc32)nnc1-c1ccccc1C. The Morgan fingerprint density at radius 1 is 1.17 bits per heavy atom. The number of para-hydroxylation sites is 1. The van der Waals surface area contributed by atoms with Gasteiger partial charge in [0.15, 0.2) is 11.0 Å². The van der Waals surface area contributed by atoms with Crippen LogP contribution in [0.4, 0.5) is 5.69 Å². The molecule has 5 nitrogen and oxygen atoms in total. The number of amides is 1. The van der Waals surface area contributed by atoms with Gasteiger partial charge in [-0.15, -0.1) is 22.0 Å². The van der Waals surface area contributed by atoms with Crippen LogP contribution in [0.25, 0.3) is 11.4 Å². The Morgan fingerprint density at radius 3 is 2.73 bits per heavy atom. The maximum absolute atomic E-state index is 13.2. The summed E-state index contributed by atoms with van der Waals surface area (Å²) >= 11 is 3.32. The number of nitrogens with zero attached hydrogens (tertiary/aromatic N) is 4. The minimum atomic E-state index is 0.116. The molecule has 0 radical (unpaired) electrons. The van der Waals surface area contributed by atoms with Gasteiger partial charge >= 0.3 is 0 Å². The van der Waals surface area contributed by atoms with Crippen molar-refractivity contribution < 1.29 is 4.79 Å². The molecule has 1 amide bonds. The molecular weight excluding hydrogens is 412 g/mol. The number of fused-ring (bicyclic) bond motifs is 1. The minimum Gasteiger partial charge on any atom is -0.311 e. The number of aromatic nitrogens is 3. The summed E-state index contributed by atoms with van der Waals surface area (Å²) < 4.78 is 2.09. The third kappa shape index (κ3) is 4.27. The average Bonchev–Trinajstić information content (AvgIpc) is 3.07. The van der Waals surface area contributed by atoms with Crippen LogP contribution >= 0.6 is 23.5 Å². The van der Waals surface area contributed by atoms with E-state index in [4.69, 9.17) is 0 Å². The molecule has 1 aromatic heterocycles. The van der Waals surface area contributed by atoms with Crippen molar-refractivity contribution in [1.29, 1.82) is 0 Å². The standard InChI is InChI=1S/C23H26N4OS2/c1-4-26-22(18-10-6-5-9-16(18)2)24-25-23(26)29-15-21(28)27-14-13-17(3)30-20-12-8-7-11-19(20)27/h5-12,17H,4,13-15H2,1-3H3. The average molecular weight is 439 g/mol. The maximum Gasteiger partial charge on any atom is 0.237 e. The molecule has 0 bridgehead atoms. The van der Waals surface area contributed by atoms with Gasteiger partial charge < -0.3 is 9.47 Å². The molecule has 0 spiro atoms. The van der Waals surface area contributed by atoms with E-state index in [1.165, 1.54) is 22.2 Å². The van der Waals surface area contributed by atoms with Gasteiger partial charge in [-0.1, -0.05) is 55.1 Å². The number of benzene rings is 2. The highest BCUT2D eigenvalue weighted by molar-refractivity contribution is 8.00. The molecule has 7 heteroatoms. The van der Waals surface area contributed by atoms with Crippen molar-refractivity contribution in [2.24, 2.45) is 0 Å². The quantitative estimate of drug-likeness (QED) is 0.507. The highest BCUT2D eigenvalue weighted by atomic mass is 32.2. The van der Waals surface area contributed by atoms with E-state index in [0.717, 1.165) is 41.7 Å². The van der Waals surface area contributed by atoms with E-state index in [-0.39, 0.29) is 5.91 Å². The molecule has 1 aliphatic heterocycles. The molecule has 156 valence electrons. The van der Waals surface area contributed by atoms with E-state index in [0.29, 0.717) is 11.0 Å². The number of hydrogen-bond acceptors (Lipinski definition) is 5. The topological polar surface area (TPSA) is 51.0 Å². The van der Waals surface area contributed by atoms with Gasteiger partial charge in [0.05, 0.1) is 11.4 Å². The maximum atomic E-state index is 13.2. The number of thioether (sulfide) groups is 2. The lowest BCUT2D eigenvalue weighted by molar-refractivity contribution is -0.116. The first-order chi connectivity index (χ1) is 14.6. The Kier molecular flexibility index (Phi) is 6.49. The molecule has 0 N–H and O–H groups in total. The zero-order chi connectivity index (χ0) is 21.1. The predicted octanol–water partition coefficient (Wildman–Crippen LogP) is 5.28. The minimum absolute atomic E-state index is 0.116. The van der Waals surface area contributed by atoms with Gasteiger partial charge in [-0.2, -0.15) is 0 Å². The molecule has 1 aliphatic rings. The Hall–Kier alpha value is -2.25. The largest absolute Gasteiger partial charge is 0.311 e. The second-order valence-corrected chi connectivity index (χ2v) is 9.81. The Morgan fingerprint density at radius 2 is 1.93 bits per heavy atom. The van der Waals surface area contributed by atoms with Crippen LogP contribution in [0.2, 0.25) is 0 Å². The van der Waals surface area contributed by atoms with Crippen LogP contribution in [0, 0.1) is 6.92 Å². The van der Waals surface area contributed by atoms with Crippen molar-refractivity contribution in [2.75, 3.05) is 17.2 Å². The van der Waals surface area contributed by atoms with Crippen molar-refractivity contribution in [1.82, 2.24) is 14.8 Å². The van der Waals surface area contributed by atoms with Crippen LogP contribution in [-0.4, -0.2) is 38.2 Å². The van der Waals surface area contributed by atoms with Crippen LogP contribution in [0.5, 0.6) is 0 Å². The predicted molar refractivity (Wildman–Crippen MR) is 125 cm³/mol. The Bertz CT molecular complexity index is 1050. The highest BCUT2D eigenvalue weighted by Crippen LogP contribution is 2.37. The molecule has 4 rings (SSSR count). The Balaban J connectivity index is 1.53. The van der Waals surface area contributed by atoms with E-state index < -0.39 is 0 Å². The van der Waals surface area contributed by atoms with Gasteiger partial charge in [0.25, 0.3) is 0 Å². The lowest BCUT2D eigenvalue weighted by Gasteiger charge is -2.22. The molecule has 2 heterocycles. The van der Waals surface area contributed by atoms with Crippen molar-refractivity contribution in [3.8, 4) is 11.4 Å². The van der Waals surface area contributed by atoms with Gasteiger partial charge in [-0.25, -0.2) is 0 Å². The van der Waals surface area contributed by atoms with E-state index in [1.54, 1.807) is 0 Å². The third-order valence-corrected chi connectivity index (χ3v) is 7.48. The summed E-state index contributed by atoms with van der Waals surface area (Å²) in [5.74, 6) is 1.32. The number of carbonyl (C=O) groups excluding carboxylic acids is 1. The highest BCUT2D eigenvalue weighted by Gasteiger charge is 2.25. The lowest BCUT2D eigenvalue weighted by Crippen LogP contribution is -2.33. The summed E-state index contributed by atoms with van der Waals surface area (Å²) in [5, 5.41) is 10.1. The fourth-order valence-electron chi connectivity index (χ4n) is 3.65. The van der Waals surface area contributed by atoms with Gasteiger partial charge in [0, 0.05) is 28.8 Å². The van der Waals surface area contributed by atoms with Crippen molar-refractivity contribution in [3.05, 3.63) is 54.1 Å². The third-order valence-electron chi connectivity index (χ3n) is 5.29. The van der Waals surface area contributed by atoms with Crippen LogP contribution in [0.3, 0.4) is 0 Å². The normalized spacial score (nSPS) is 16.2. The first-order valence-electron chi connectivity index (χ1n) is 10.3. The molecule has 0 aliphatic carbocycles. The van der Waals surface area contributed by atoms with Crippen molar-refractivity contribution >= 4 is 35.1 Å². The van der Waals surface area contributed by atoms with Gasteiger partial charge in [0.1, 0.15) is 0 Å². The Labute approximate surface area is 186 Å². The van der Waals surface area contributed by atoms with Gasteiger partial charge in [0.2, 0.25) is 5.91 Å². The number of anilines is 1. The summed E-state index contributed by atoms with van der Waals surface area (Å²) in [6, 6.07) is 16.4. The molecule has 3 aromatic rings. The molecular formula is C23H26N4OS2. The monoisotopic (exact) mass is 438 g/mol. The van der Waals surface area contributed by atoms with E-state index in [1.807, 2.05) is 47.0 Å². The molecule has 2 aromatic carbocycles. The molecule has 0 saturated heterocycles. The van der Waals surface area contributed by atoms with E-state index >= 15 is 0 Å². The second kappa shape index (κ2) is 9.27. The first-order valence-corrected chi connectivity index (χ1v) is 12.1. The summed E-state index contributed by atoms with van der Waals surface area (Å²) in [6.45, 7) is 7.89. The zero-order valence-corrected chi connectivity index (χ0v) is 19.2. The van der Waals surface area contributed by atoms with E-state index in [9.17, 15) is 4.79 Å². The summed E-state index contributed by atoms with van der Waals surface area (Å²) in [6.07, 6.45) is 0.984. The molecule has 30 heavy (non-hydrogen) atoms. The fraction of sp³-hybridized carbons (Fsp3) is 0.348. The van der Waals surface area contributed by atoms with Gasteiger partial charge in [-0.05, 0) is 38.0 Å². The molecule has 1 atom stereocenters. The van der Waals surface area contributed by atoms with Crippen molar-refractivity contribution in [3.63, 3.8) is 0 Å². The van der Waals surface area contributed by atoms with Crippen LogP contribution in [0.1, 0.15) is 25.8 Å². The number of rotatable bonds is 5. The molecule has 0 fully saturated rings. The molecule has 1 unspecified atom stereocenters. The van der Waals surface area contributed by atoms with Crippen LogP contribution < -0.4 is 4.90 Å². The second-order valence-electron chi connectivity index (χ2n) is 7.38. The number of hydrogen-bond donors (Lipinski definition) is 0. The zero-order valence-electron chi connectivity index (χ0n) is 17.5.